The lowest BCUT2D eigenvalue weighted by atomic mass is 9.76. The number of methoxy groups -OCH3 is 1. The van der Waals surface area contributed by atoms with Crippen LogP contribution >= 0.6 is 11.6 Å². The topological polar surface area (TPSA) is 38.3 Å². The summed E-state index contributed by atoms with van der Waals surface area (Å²) in [7, 11) is 1.40. The van der Waals surface area contributed by atoms with Gasteiger partial charge in [-0.1, -0.05) is 42.0 Å². The molecule has 0 saturated heterocycles. The molecule has 1 heterocycles. The van der Waals surface area contributed by atoms with Crippen molar-refractivity contribution in [1.82, 2.24) is 0 Å². The minimum absolute atomic E-state index is 0.191. The van der Waals surface area contributed by atoms with Crippen LogP contribution in [0.3, 0.4) is 0 Å². The van der Waals surface area contributed by atoms with Crippen LogP contribution in [-0.2, 0) is 4.74 Å². The zero-order valence-electron chi connectivity index (χ0n) is 14.3. The van der Waals surface area contributed by atoms with E-state index in [1.807, 2.05) is 30.3 Å². The fourth-order valence-corrected chi connectivity index (χ4v) is 4.37. The highest BCUT2D eigenvalue weighted by molar-refractivity contribution is 6.32. The number of rotatable bonds is 2. The number of fused-ring (bicyclic) bond motifs is 3. The number of halogens is 1. The van der Waals surface area contributed by atoms with Gasteiger partial charge in [-0.3, -0.25) is 0 Å². The van der Waals surface area contributed by atoms with Crippen molar-refractivity contribution in [3.8, 4) is 0 Å². The van der Waals surface area contributed by atoms with Gasteiger partial charge in [0.2, 0.25) is 0 Å². The maximum atomic E-state index is 11.7. The molecule has 2 aromatic carbocycles. The molecular weight excluding hydrogens is 334 g/mol. The Hall–Kier alpha value is -2.26. The van der Waals surface area contributed by atoms with E-state index in [9.17, 15) is 4.79 Å². The first-order valence-corrected chi connectivity index (χ1v) is 8.88. The average molecular weight is 354 g/mol. The largest absolute Gasteiger partial charge is 0.465 e. The number of ether oxygens (including phenoxy) is 1. The van der Waals surface area contributed by atoms with Crippen LogP contribution in [0.2, 0.25) is 5.02 Å². The summed E-state index contributed by atoms with van der Waals surface area (Å²) in [4.78, 5) is 11.7. The minimum atomic E-state index is -0.309. The third-order valence-corrected chi connectivity index (χ3v) is 5.70. The normalized spacial score (nSPS) is 23.6. The molecule has 0 radical (unpaired) electrons. The Balaban J connectivity index is 1.74. The molecule has 0 fully saturated rings. The number of aryl methyl sites for hydroxylation is 1. The SMILES string of the molecule is COC(=O)c1ccc([C@@H]2Nc3c(C)ccc(Cl)c3[C@@H]3C=CC[C@H]32)cc1. The summed E-state index contributed by atoms with van der Waals surface area (Å²) in [6.45, 7) is 2.11. The van der Waals surface area contributed by atoms with E-state index < -0.39 is 0 Å². The molecule has 1 aliphatic heterocycles. The van der Waals surface area contributed by atoms with Gasteiger partial charge in [-0.2, -0.15) is 0 Å². The second-order valence-corrected chi connectivity index (χ2v) is 7.15. The van der Waals surface area contributed by atoms with E-state index in [4.69, 9.17) is 16.3 Å². The number of nitrogens with one attached hydrogen (secondary N) is 1. The van der Waals surface area contributed by atoms with E-state index in [-0.39, 0.29) is 12.0 Å². The lowest BCUT2D eigenvalue weighted by Gasteiger charge is -2.38. The van der Waals surface area contributed by atoms with E-state index in [1.165, 1.54) is 23.8 Å². The summed E-state index contributed by atoms with van der Waals surface area (Å²) in [5.41, 5.74) is 5.30. The maximum absolute atomic E-state index is 11.7. The van der Waals surface area contributed by atoms with Crippen molar-refractivity contribution in [2.75, 3.05) is 12.4 Å². The van der Waals surface area contributed by atoms with Gasteiger partial charge >= 0.3 is 5.97 Å². The monoisotopic (exact) mass is 353 g/mol. The van der Waals surface area contributed by atoms with Crippen LogP contribution in [0.4, 0.5) is 5.69 Å². The number of anilines is 1. The Morgan fingerprint density at radius 3 is 2.68 bits per heavy atom. The quantitative estimate of drug-likeness (QED) is 0.591. The fourth-order valence-electron chi connectivity index (χ4n) is 4.08. The van der Waals surface area contributed by atoms with Crippen molar-refractivity contribution in [3.63, 3.8) is 0 Å². The van der Waals surface area contributed by atoms with Crippen LogP contribution in [0.25, 0.3) is 0 Å². The number of hydrogen-bond acceptors (Lipinski definition) is 3. The lowest BCUT2D eigenvalue weighted by Crippen LogP contribution is -2.29. The molecule has 4 rings (SSSR count). The van der Waals surface area contributed by atoms with Crippen molar-refractivity contribution < 1.29 is 9.53 Å². The van der Waals surface area contributed by atoms with Gasteiger partial charge < -0.3 is 10.1 Å². The van der Waals surface area contributed by atoms with E-state index in [1.54, 1.807) is 0 Å². The molecule has 0 unspecified atom stereocenters. The first kappa shape index (κ1) is 16.2. The van der Waals surface area contributed by atoms with Gasteiger partial charge in [0, 0.05) is 22.2 Å². The summed E-state index contributed by atoms with van der Waals surface area (Å²) in [5, 5.41) is 4.54. The molecule has 1 N–H and O–H groups in total. The Morgan fingerprint density at radius 1 is 1.20 bits per heavy atom. The van der Waals surface area contributed by atoms with Crippen LogP contribution in [0.15, 0.2) is 48.6 Å². The highest BCUT2D eigenvalue weighted by Crippen LogP contribution is 2.52. The smallest absolute Gasteiger partial charge is 0.337 e. The van der Waals surface area contributed by atoms with Crippen molar-refractivity contribution in [1.29, 1.82) is 0 Å². The van der Waals surface area contributed by atoms with E-state index >= 15 is 0 Å². The predicted octanol–water partition coefficient (Wildman–Crippen LogP) is 5.26. The molecule has 2 aliphatic rings. The van der Waals surface area contributed by atoms with Crippen LogP contribution in [0.5, 0.6) is 0 Å². The molecule has 3 atom stereocenters. The predicted molar refractivity (Wildman–Crippen MR) is 100 cm³/mol. The van der Waals surface area contributed by atoms with Crippen molar-refractivity contribution in [2.45, 2.75) is 25.3 Å². The molecule has 0 bridgehead atoms. The first-order valence-electron chi connectivity index (χ1n) is 8.50. The molecule has 0 saturated carbocycles. The van der Waals surface area contributed by atoms with Crippen LogP contribution in [-0.4, -0.2) is 13.1 Å². The summed E-state index contributed by atoms with van der Waals surface area (Å²) in [5.74, 6) is 0.446. The fraction of sp³-hybridized carbons (Fsp3) is 0.286. The maximum Gasteiger partial charge on any atom is 0.337 e. The van der Waals surface area contributed by atoms with Crippen molar-refractivity contribution in [3.05, 3.63) is 75.8 Å². The van der Waals surface area contributed by atoms with Gasteiger partial charge in [0.05, 0.1) is 18.7 Å². The van der Waals surface area contributed by atoms with Crippen molar-refractivity contribution >= 4 is 23.3 Å². The Labute approximate surface area is 152 Å². The standard InChI is InChI=1S/C21H20ClNO2/c1-12-6-11-17(22)18-15-4-3-5-16(15)20(23-19(12)18)13-7-9-14(10-8-13)21(24)25-2/h3-4,6-11,15-16,20,23H,5H2,1-2H3/t15-,16-,20+/m1/s1. The van der Waals surface area contributed by atoms with Gasteiger partial charge in [-0.15, -0.1) is 0 Å². The van der Waals surface area contributed by atoms with Gasteiger partial charge in [0.15, 0.2) is 0 Å². The Kier molecular flexibility index (Phi) is 4.04. The molecule has 0 amide bonds. The second kappa shape index (κ2) is 6.23. The highest BCUT2D eigenvalue weighted by Gasteiger charge is 2.39. The number of carbonyl (C=O) groups excluding carboxylic acids is 1. The molecule has 3 nitrogen and oxygen atoms in total. The lowest BCUT2D eigenvalue weighted by molar-refractivity contribution is 0.0600. The van der Waals surface area contributed by atoms with Gasteiger partial charge in [0.25, 0.3) is 0 Å². The third-order valence-electron chi connectivity index (χ3n) is 5.37. The molecule has 2 aromatic rings. The van der Waals surface area contributed by atoms with Gasteiger partial charge in [-0.25, -0.2) is 4.79 Å². The number of carbonyl (C=O) groups is 1. The van der Waals surface area contributed by atoms with Gasteiger partial charge in [0.1, 0.15) is 0 Å². The average Bonchev–Trinajstić information content (AvgIpc) is 3.13. The molecule has 4 heteroatoms. The Bertz CT molecular complexity index is 857. The van der Waals surface area contributed by atoms with E-state index in [0.717, 1.165) is 17.1 Å². The molecule has 1 aliphatic carbocycles. The molecule has 25 heavy (non-hydrogen) atoms. The minimum Gasteiger partial charge on any atom is -0.465 e. The second-order valence-electron chi connectivity index (χ2n) is 6.74. The number of allylic oxidation sites excluding steroid dienone is 2. The highest BCUT2D eigenvalue weighted by atomic mass is 35.5. The number of esters is 1. The number of benzene rings is 2. The molecule has 0 spiro atoms. The van der Waals surface area contributed by atoms with E-state index in [0.29, 0.717) is 17.4 Å². The third kappa shape index (κ3) is 2.63. The first-order chi connectivity index (χ1) is 12.1. The zero-order valence-corrected chi connectivity index (χ0v) is 15.0. The number of hydrogen-bond donors (Lipinski definition) is 1. The van der Waals surface area contributed by atoms with Crippen LogP contribution in [0, 0.1) is 12.8 Å². The zero-order chi connectivity index (χ0) is 17.6. The van der Waals surface area contributed by atoms with Crippen LogP contribution < -0.4 is 5.32 Å². The summed E-state index contributed by atoms with van der Waals surface area (Å²) in [6, 6.07) is 11.9. The van der Waals surface area contributed by atoms with Crippen molar-refractivity contribution in [2.24, 2.45) is 5.92 Å². The summed E-state index contributed by atoms with van der Waals surface area (Å²) >= 11 is 6.52. The molecule has 0 aromatic heterocycles. The van der Waals surface area contributed by atoms with Crippen LogP contribution in [0.1, 0.15) is 45.4 Å². The van der Waals surface area contributed by atoms with E-state index in [2.05, 4.69) is 30.5 Å². The Morgan fingerprint density at radius 2 is 1.96 bits per heavy atom. The molecular formula is C21H20ClNO2. The molecule has 128 valence electrons. The summed E-state index contributed by atoms with van der Waals surface area (Å²) in [6.07, 6.45) is 5.55. The summed E-state index contributed by atoms with van der Waals surface area (Å²) < 4.78 is 4.79. The van der Waals surface area contributed by atoms with Gasteiger partial charge in [-0.05, 0) is 48.6 Å².